The average molecular weight is 484 g/mol. The van der Waals surface area contributed by atoms with Crippen LogP contribution in [0.25, 0.3) is 5.82 Å². The highest BCUT2D eigenvalue weighted by Gasteiger charge is 2.13. The van der Waals surface area contributed by atoms with E-state index < -0.39 is 10.0 Å². The first-order chi connectivity index (χ1) is 15.7. The van der Waals surface area contributed by atoms with E-state index in [0.717, 1.165) is 11.4 Å². The Bertz CT molecular complexity index is 1380. The van der Waals surface area contributed by atoms with E-state index >= 15 is 0 Å². The number of nitrogens with one attached hydrogen (secondary N) is 1. The summed E-state index contributed by atoms with van der Waals surface area (Å²) in [5, 5.41) is 0.556. The molecule has 0 fully saturated rings. The monoisotopic (exact) mass is 483 g/mol. The molecule has 0 radical (unpaired) electrons. The number of halogens is 1. The molecule has 0 aliphatic rings. The molecular formula is C23H22ClN5O3S. The maximum atomic E-state index is 12.5. The number of sulfonamides is 1. The number of nitrogens with zero attached hydrogens (tertiary/aromatic N) is 4. The van der Waals surface area contributed by atoms with Crippen LogP contribution in [0.15, 0.2) is 60.9 Å². The number of aryl methyl sites for hydroxylation is 2. The summed E-state index contributed by atoms with van der Waals surface area (Å²) in [6, 6.07) is 15.0. The van der Waals surface area contributed by atoms with Crippen molar-refractivity contribution in [1.82, 2.24) is 19.5 Å². The average Bonchev–Trinajstić information content (AvgIpc) is 3.09. The lowest BCUT2D eigenvalue weighted by Gasteiger charge is -2.11. The Kier molecular flexibility index (Phi) is 6.35. The second kappa shape index (κ2) is 9.21. The number of rotatable bonds is 7. The predicted octanol–water partition coefficient (Wildman–Crippen LogP) is 4.98. The molecule has 2 aromatic heterocycles. The first kappa shape index (κ1) is 22.8. The summed E-state index contributed by atoms with van der Waals surface area (Å²) in [5.74, 6) is 1.94. The van der Waals surface area contributed by atoms with Crippen LogP contribution in [0.4, 0.5) is 5.69 Å². The van der Waals surface area contributed by atoms with Gasteiger partial charge in [0, 0.05) is 22.5 Å². The maximum Gasteiger partial charge on any atom is 0.236 e. The maximum absolute atomic E-state index is 12.5. The van der Waals surface area contributed by atoms with Crippen LogP contribution < -0.4 is 9.46 Å². The Hall–Kier alpha value is -3.43. The molecule has 0 amide bonds. The van der Waals surface area contributed by atoms with E-state index in [1.165, 1.54) is 0 Å². The number of hydrogen-bond acceptors (Lipinski definition) is 6. The van der Waals surface area contributed by atoms with E-state index in [4.69, 9.17) is 16.3 Å². The van der Waals surface area contributed by atoms with Crippen molar-refractivity contribution in [1.29, 1.82) is 0 Å². The summed E-state index contributed by atoms with van der Waals surface area (Å²) in [4.78, 5) is 13.1. The SMILES string of the molecule is Cc1nc(Oc2ccc(NS(=O)(=O)Cc3ccc(Cl)cc3)cc2)cc(-n2cnc(C)c2C)n1. The number of hydrogen-bond donors (Lipinski definition) is 1. The van der Waals surface area contributed by atoms with E-state index in [1.54, 1.807) is 67.8 Å². The van der Waals surface area contributed by atoms with Gasteiger partial charge in [-0.1, -0.05) is 23.7 Å². The van der Waals surface area contributed by atoms with Crippen molar-refractivity contribution in [3.8, 4) is 17.4 Å². The number of aromatic nitrogens is 4. The topological polar surface area (TPSA) is 99.0 Å². The largest absolute Gasteiger partial charge is 0.439 e. The summed E-state index contributed by atoms with van der Waals surface area (Å²) < 4.78 is 35.3. The molecule has 2 heterocycles. The molecule has 0 unspecified atom stereocenters. The van der Waals surface area contributed by atoms with E-state index in [2.05, 4.69) is 19.7 Å². The van der Waals surface area contributed by atoms with E-state index in [9.17, 15) is 8.42 Å². The summed E-state index contributed by atoms with van der Waals surface area (Å²) in [5.41, 5.74) is 2.97. The first-order valence-electron chi connectivity index (χ1n) is 10.1. The Morgan fingerprint density at radius 3 is 2.33 bits per heavy atom. The van der Waals surface area contributed by atoms with Crippen molar-refractivity contribution in [2.75, 3.05) is 4.72 Å². The molecule has 1 N–H and O–H groups in total. The number of imidazole rings is 1. The highest BCUT2D eigenvalue weighted by molar-refractivity contribution is 7.91. The van der Waals surface area contributed by atoms with Gasteiger partial charge in [-0.05, 0) is 62.7 Å². The third-order valence-corrected chi connectivity index (χ3v) is 6.43. The van der Waals surface area contributed by atoms with Crippen LogP contribution in [0.5, 0.6) is 11.6 Å². The Labute approximate surface area is 197 Å². The fourth-order valence-electron chi connectivity index (χ4n) is 3.16. The van der Waals surface area contributed by atoms with Gasteiger partial charge in [0.05, 0.1) is 11.4 Å². The van der Waals surface area contributed by atoms with E-state index in [0.29, 0.717) is 39.5 Å². The van der Waals surface area contributed by atoms with Crippen molar-refractivity contribution in [3.05, 3.63) is 88.7 Å². The molecule has 10 heteroatoms. The summed E-state index contributed by atoms with van der Waals surface area (Å²) in [6.45, 7) is 5.68. The second-order valence-corrected chi connectivity index (χ2v) is 9.67. The van der Waals surface area contributed by atoms with Crippen LogP contribution in [0.3, 0.4) is 0 Å². The molecule has 33 heavy (non-hydrogen) atoms. The number of benzene rings is 2. The first-order valence-corrected chi connectivity index (χ1v) is 12.1. The van der Waals surface area contributed by atoms with Gasteiger partial charge in [0.15, 0.2) is 0 Å². The van der Waals surface area contributed by atoms with Gasteiger partial charge in [-0.15, -0.1) is 0 Å². The third-order valence-electron chi connectivity index (χ3n) is 4.92. The molecule has 4 rings (SSSR count). The predicted molar refractivity (Wildman–Crippen MR) is 128 cm³/mol. The molecule has 0 saturated carbocycles. The van der Waals surface area contributed by atoms with Gasteiger partial charge in [0.2, 0.25) is 15.9 Å². The summed E-state index contributed by atoms with van der Waals surface area (Å²) in [6.07, 6.45) is 1.71. The van der Waals surface area contributed by atoms with Crippen molar-refractivity contribution in [2.45, 2.75) is 26.5 Å². The summed E-state index contributed by atoms with van der Waals surface area (Å²) in [7, 11) is -3.58. The Balaban J connectivity index is 1.46. The van der Waals surface area contributed by atoms with Crippen LogP contribution in [0.2, 0.25) is 5.02 Å². The highest BCUT2D eigenvalue weighted by Crippen LogP contribution is 2.24. The van der Waals surface area contributed by atoms with Crippen molar-refractivity contribution in [2.24, 2.45) is 0 Å². The van der Waals surface area contributed by atoms with Crippen molar-refractivity contribution < 1.29 is 13.2 Å². The minimum Gasteiger partial charge on any atom is -0.439 e. The van der Waals surface area contributed by atoms with Crippen LogP contribution >= 0.6 is 11.6 Å². The lowest BCUT2D eigenvalue weighted by molar-refractivity contribution is 0.459. The lowest BCUT2D eigenvalue weighted by Crippen LogP contribution is -2.14. The molecule has 4 aromatic rings. The van der Waals surface area contributed by atoms with Gasteiger partial charge >= 0.3 is 0 Å². The molecule has 0 atom stereocenters. The van der Waals surface area contributed by atoms with Gasteiger partial charge in [-0.25, -0.2) is 18.4 Å². The fraction of sp³-hybridized carbons (Fsp3) is 0.174. The quantitative estimate of drug-likeness (QED) is 0.398. The van der Waals surface area contributed by atoms with Gasteiger partial charge in [0.1, 0.15) is 23.7 Å². The highest BCUT2D eigenvalue weighted by atomic mass is 35.5. The smallest absolute Gasteiger partial charge is 0.236 e. The molecule has 0 aliphatic carbocycles. The van der Waals surface area contributed by atoms with Crippen LogP contribution in [-0.4, -0.2) is 27.9 Å². The zero-order valence-corrected chi connectivity index (χ0v) is 19.9. The normalized spacial score (nSPS) is 11.4. The van der Waals surface area contributed by atoms with E-state index in [1.807, 2.05) is 18.4 Å². The molecule has 0 saturated heterocycles. The molecule has 170 valence electrons. The number of ether oxygens (including phenoxy) is 1. The lowest BCUT2D eigenvalue weighted by atomic mass is 10.2. The standard InChI is InChI=1S/C23H22ClN5O3S/c1-15-16(2)29(14-25-15)22-12-23(27-17(3)26-22)32-21-10-8-20(9-11-21)28-33(30,31)13-18-4-6-19(24)7-5-18/h4-12,14,28H,13H2,1-3H3. The Morgan fingerprint density at radius 2 is 1.70 bits per heavy atom. The third kappa shape index (κ3) is 5.68. The molecule has 2 aromatic carbocycles. The molecule has 0 aliphatic heterocycles. The van der Waals surface area contributed by atoms with Crippen LogP contribution in [-0.2, 0) is 15.8 Å². The minimum absolute atomic E-state index is 0.154. The van der Waals surface area contributed by atoms with Gasteiger partial charge in [-0.2, -0.15) is 4.98 Å². The molecule has 0 bridgehead atoms. The second-order valence-electron chi connectivity index (χ2n) is 7.51. The van der Waals surface area contributed by atoms with Gasteiger partial charge in [-0.3, -0.25) is 9.29 Å². The zero-order valence-electron chi connectivity index (χ0n) is 18.3. The minimum atomic E-state index is -3.58. The van der Waals surface area contributed by atoms with E-state index in [-0.39, 0.29) is 5.75 Å². The molecular weight excluding hydrogens is 462 g/mol. The van der Waals surface area contributed by atoms with Crippen molar-refractivity contribution in [3.63, 3.8) is 0 Å². The van der Waals surface area contributed by atoms with Gasteiger partial charge in [0.25, 0.3) is 0 Å². The summed E-state index contributed by atoms with van der Waals surface area (Å²) >= 11 is 5.85. The fourth-order valence-corrected chi connectivity index (χ4v) is 4.48. The van der Waals surface area contributed by atoms with Gasteiger partial charge < -0.3 is 4.74 Å². The molecule has 0 spiro atoms. The van der Waals surface area contributed by atoms with Crippen molar-refractivity contribution >= 4 is 27.3 Å². The molecule has 8 nitrogen and oxygen atoms in total. The Morgan fingerprint density at radius 1 is 1.00 bits per heavy atom. The number of anilines is 1. The zero-order chi connectivity index (χ0) is 23.6. The van der Waals surface area contributed by atoms with Crippen LogP contribution in [0.1, 0.15) is 22.8 Å². The van der Waals surface area contributed by atoms with Crippen LogP contribution in [0, 0.1) is 20.8 Å².